The number of nitrogens with one attached hydrogen (secondary N) is 2. The first-order valence-electron chi connectivity index (χ1n) is 19.7. The number of aromatic nitrogens is 6. The smallest absolute Gasteiger partial charge is 0.200 e. The molecule has 0 amide bonds. The van der Waals surface area contributed by atoms with Gasteiger partial charge in [0, 0.05) is 56.7 Å². The van der Waals surface area contributed by atoms with Crippen molar-refractivity contribution in [3.05, 3.63) is 176 Å². The second-order valence-electron chi connectivity index (χ2n) is 15.3. The Morgan fingerprint density at radius 2 is 0.528 bits per heavy atom. The molecule has 72 heavy (non-hydrogen) atoms. The van der Waals surface area contributed by atoms with Gasteiger partial charge < -0.3 is 9.97 Å². The Labute approximate surface area is 385 Å². The highest BCUT2D eigenvalue weighted by atomic mass is 19.2. The third-order valence-corrected chi connectivity index (χ3v) is 11.4. The molecule has 6 heterocycles. The number of halogens is 19. The van der Waals surface area contributed by atoms with E-state index in [1.807, 2.05) is 0 Å². The first-order chi connectivity index (χ1) is 34.2. The summed E-state index contributed by atoms with van der Waals surface area (Å²) < 4.78 is 294. The number of hydrogen-bond donors (Lipinski definition) is 2. The molecule has 10 rings (SSSR count). The van der Waals surface area contributed by atoms with Crippen LogP contribution in [-0.2, 0) is 0 Å². The summed E-state index contributed by atoms with van der Waals surface area (Å²) in [5.41, 5.74) is -21.0. The average Bonchev–Trinajstić information content (AvgIpc) is 4.24. The number of aromatic amines is 2. The first-order valence-corrected chi connectivity index (χ1v) is 19.7. The molecular formula is C47H13F19N6. The van der Waals surface area contributed by atoms with Crippen LogP contribution in [0.2, 0.25) is 0 Å². The topological polar surface area (TPSA) is 75.2 Å². The first kappa shape index (κ1) is 47.1. The molecule has 2 aliphatic heterocycles. The second-order valence-corrected chi connectivity index (χ2v) is 15.3. The van der Waals surface area contributed by atoms with Crippen LogP contribution < -0.4 is 0 Å². The van der Waals surface area contributed by atoms with Crippen molar-refractivity contribution < 1.29 is 83.4 Å². The maximum atomic E-state index is 16.6. The number of benzene rings is 4. The Hall–Kier alpha value is -8.64. The molecule has 0 radical (unpaired) electrons. The van der Waals surface area contributed by atoms with Crippen LogP contribution in [0.1, 0.15) is 22.8 Å². The standard InChI is InChI=1S/C47H13F19N6/c48-28-24(29(49)37(57)42(62)36(28)56)20-12-2-4-14(68-12)21(25-30(50)38(58)43(63)39(59)31(25)51)16-6-8-18(70-16)23(27-34(54)45(65)47(46(66)35(27)55)72-11-1-10-67-72)19-9-7-17(71-19)22(15-5-3-13(20)69-15)26-32(52)40(60)44(64)41(61)33(26)53/h1-11,68,71H. The Morgan fingerprint density at radius 3 is 0.764 bits per heavy atom. The molecule has 4 aromatic carbocycles. The molecule has 0 spiro atoms. The zero-order valence-corrected chi connectivity index (χ0v) is 34.3. The molecule has 0 atom stereocenters. The van der Waals surface area contributed by atoms with Crippen molar-refractivity contribution in [2.45, 2.75) is 0 Å². The Balaban J connectivity index is 1.48. The summed E-state index contributed by atoms with van der Waals surface area (Å²) in [7, 11) is 0. The number of rotatable bonds is 5. The quantitative estimate of drug-likeness (QED) is 0.102. The summed E-state index contributed by atoms with van der Waals surface area (Å²) >= 11 is 0. The highest BCUT2D eigenvalue weighted by molar-refractivity contribution is 6.00. The van der Waals surface area contributed by atoms with Gasteiger partial charge in [-0.15, -0.1) is 0 Å². The van der Waals surface area contributed by atoms with Crippen LogP contribution in [0.15, 0.2) is 42.7 Å². The van der Waals surface area contributed by atoms with Crippen LogP contribution in [0.4, 0.5) is 83.4 Å². The Kier molecular flexibility index (Phi) is 11.0. The van der Waals surface area contributed by atoms with Crippen LogP contribution in [0.3, 0.4) is 0 Å². The number of fused-ring (bicyclic) bond motifs is 8. The summed E-state index contributed by atoms with van der Waals surface area (Å²) in [5, 5.41) is 3.55. The van der Waals surface area contributed by atoms with Crippen molar-refractivity contribution in [3.63, 3.8) is 0 Å². The fourth-order valence-electron chi connectivity index (χ4n) is 8.17. The molecule has 2 N–H and O–H groups in total. The minimum absolute atomic E-state index is 0.368. The van der Waals surface area contributed by atoms with E-state index >= 15 is 61.5 Å². The van der Waals surface area contributed by atoms with Crippen LogP contribution in [0, 0.1) is 111 Å². The predicted octanol–water partition coefficient (Wildman–Crippen LogP) is 14.2. The van der Waals surface area contributed by atoms with Gasteiger partial charge in [-0.1, -0.05) is 0 Å². The minimum atomic E-state index is -2.70. The van der Waals surface area contributed by atoms with Crippen molar-refractivity contribution in [3.8, 4) is 50.2 Å². The van der Waals surface area contributed by atoms with Gasteiger partial charge in [-0.3, -0.25) is 0 Å². The fourth-order valence-corrected chi connectivity index (χ4v) is 8.17. The van der Waals surface area contributed by atoms with Crippen molar-refractivity contribution in [1.82, 2.24) is 29.7 Å². The lowest BCUT2D eigenvalue weighted by atomic mass is 10.0. The molecule has 6 nitrogen and oxygen atoms in total. The van der Waals surface area contributed by atoms with Gasteiger partial charge in [-0.25, -0.2) is 98.1 Å². The molecule has 0 saturated heterocycles. The van der Waals surface area contributed by atoms with E-state index in [9.17, 15) is 22.0 Å². The summed E-state index contributed by atoms with van der Waals surface area (Å²) in [4.78, 5) is 12.7. The lowest BCUT2D eigenvalue weighted by molar-refractivity contribution is 0.381. The van der Waals surface area contributed by atoms with Crippen LogP contribution in [0.5, 0.6) is 0 Å². The van der Waals surface area contributed by atoms with Gasteiger partial charge in [0.25, 0.3) is 0 Å². The SMILES string of the molecule is Fc1c(F)c(F)c(-c2c3nc(c(-c4c(F)c(F)c(F)c(F)c4F)c4ccc([nH]4)c(-c4c(F)c(F)c(-n5cccn5)c(F)c4F)c4nc(c(-c5c(F)c(F)c(F)c(F)c5F)c5ccc2[nH]5)C=C4)C=C3)c(F)c1F. The van der Waals surface area contributed by atoms with Crippen LogP contribution in [0.25, 0.3) is 96.6 Å². The van der Waals surface area contributed by atoms with Crippen molar-refractivity contribution >= 4 is 46.4 Å². The molecule has 0 saturated carbocycles. The molecule has 0 aliphatic carbocycles. The van der Waals surface area contributed by atoms with Gasteiger partial charge in [-0.2, -0.15) is 5.10 Å². The maximum Gasteiger partial charge on any atom is 0.200 e. The molecule has 0 fully saturated rings. The van der Waals surface area contributed by atoms with E-state index in [0.717, 1.165) is 18.5 Å². The monoisotopic (exact) mass is 1020 g/mol. The average molecular weight is 1020 g/mol. The van der Waals surface area contributed by atoms with Crippen molar-refractivity contribution in [2.75, 3.05) is 0 Å². The third-order valence-electron chi connectivity index (χ3n) is 11.4. The number of hydrogen-bond acceptors (Lipinski definition) is 3. The second kappa shape index (κ2) is 16.8. The van der Waals surface area contributed by atoms with E-state index < -0.39 is 206 Å². The molecule has 8 aromatic rings. The molecule has 25 heteroatoms. The summed E-state index contributed by atoms with van der Waals surface area (Å²) in [6.45, 7) is 0. The molecular weight excluding hydrogens is 1010 g/mol. The highest BCUT2D eigenvalue weighted by Gasteiger charge is 2.35. The minimum Gasteiger partial charge on any atom is -0.354 e. The van der Waals surface area contributed by atoms with Gasteiger partial charge in [0.15, 0.2) is 93.1 Å². The van der Waals surface area contributed by atoms with E-state index in [1.165, 1.54) is 0 Å². The Morgan fingerprint density at radius 1 is 0.292 bits per heavy atom. The molecule has 364 valence electrons. The lowest BCUT2D eigenvalue weighted by Gasteiger charge is -2.13. The summed E-state index contributed by atoms with van der Waals surface area (Å²) in [6, 6.07) is 3.82. The van der Waals surface area contributed by atoms with E-state index in [0.29, 0.717) is 53.3 Å². The normalized spacial score (nSPS) is 12.3. The molecule has 4 aromatic heterocycles. The van der Waals surface area contributed by atoms with Gasteiger partial charge in [-0.05, 0) is 54.6 Å². The number of nitrogens with zero attached hydrogens (tertiary/aromatic N) is 4. The van der Waals surface area contributed by atoms with E-state index in [1.54, 1.807) is 0 Å². The zero-order chi connectivity index (χ0) is 51.7. The van der Waals surface area contributed by atoms with Crippen LogP contribution >= 0.6 is 0 Å². The van der Waals surface area contributed by atoms with Gasteiger partial charge in [0.05, 0.1) is 45.0 Å². The fraction of sp³-hybridized carbons (Fsp3) is 0. The van der Waals surface area contributed by atoms with Crippen LogP contribution in [-0.4, -0.2) is 29.7 Å². The van der Waals surface area contributed by atoms with Gasteiger partial charge in [0.2, 0.25) is 17.5 Å². The van der Waals surface area contributed by atoms with Crippen molar-refractivity contribution in [2.24, 2.45) is 0 Å². The number of H-pyrrole nitrogens is 2. The Bertz CT molecular complexity index is 3800. The van der Waals surface area contributed by atoms with E-state index in [4.69, 9.17) is 0 Å². The van der Waals surface area contributed by atoms with Gasteiger partial charge in [0.1, 0.15) is 5.69 Å². The largest absolute Gasteiger partial charge is 0.354 e. The van der Waals surface area contributed by atoms with Crippen molar-refractivity contribution in [1.29, 1.82) is 0 Å². The molecule has 2 aliphatic rings. The summed E-state index contributed by atoms with van der Waals surface area (Å²) in [6.07, 6.45) is 4.44. The maximum absolute atomic E-state index is 16.6. The summed E-state index contributed by atoms with van der Waals surface area (Å²) in [5.74, 6) is -48.0. The van der Waals surface area contributed by atoms with E-state index in [2.05, 4.69) is 25.0 Å². The highest BCUT2D eigenvalue weighted by Crippen LogP contribution is 2.45. The van der Waals surface area contributed by atoms with E-state index in [-0.39, 0.29) is 0 Å². The zero-order valence-electron chi connectivity index (χ0n) is 34.3. The third kappa shape index (κ3) is 6.72. The lowest BCUT2D eigenvalue weighted by Crippen LogP contribution is -2.10. The molecule has 8 bridgehead atoms. The predicted molar refractivity (Wildman–Crippen MR) is 217 cm³/mol. The van der Waals surface area contributed by atoms with Gasteiger partial charge >= 0.3 is 0 Å². The molecule has 0 unspecified atom stereocenters.